The minimum absolute atomic E-state index is 0.0298. The zero-order valence-electron chi connectivity index (χ0n) is 30.9. The van der Waals surface area contributed by atoms with E-state index in [1.807, 2.05) is 20.8 Å². The van der Waals surface area contributed by atoms with Gasteiger partial charge in [-0.2, -0.15) is 0 Å². The molecule has 1 aliphatic carbocycles. The van der Waals surface area contributed by atoms with Gasteiger partial charge in [-0.15, -0.1) is 0 Å². The van der Waals surface area contributed by atoms with Crippen molar-refractivity contribution >= 4 is 12.1 Å². The molecular formula is C39H74N2O5. The zero-order valence-corrected chi connectivity index (χ0v) is 30.9. The van der Waals surface area contributed by atoms with Crippen molar-refractivity contribution in [2.45, 2.75) is 200 Å². The van der Waals surface area contributed by atoms with Crippen LogP contribution >= 0.6 is 0 Å². The van der Waals surface area contributed by atoms with E-state index in [0.717, 1.165) is 25.8 Å². The second-order valence-electron chi connectivity index (χ2n) is 15.7. The van der Waals surface area contributed by atoms with Gasteiger partial charge in [-0.3, -0.25) is 9.69 Å². The zero-order chi connectivity index (χ0) is 33.7. The van der Waals surface area contributed by atoms with E-state index in [1.165, 1.54) is 109 Å². The maximum Gasteiger partial charge on any atom is 0.410 e. The Morgan fingerprint density at radius 1 is 0.826 bits per heavy atom. The highest BCUT2D eigenvalue weighted by Gasteiger charge is 2.38. The normalized spacial score (nSPS) is 17.0. The molecule has 2 rings (SSSR count). The van der Waals surface area contributed by atoms with Crippen molar-refractivity contribution in [3.05, 3.63) is 0 Å². The molecule has 270 valence electrons. The van der Waals surface area contributed by atoms with Crippen LogP contribution < -0.4 is 0 Å². The molecule has 2 aliphatic rings. The molecule has 0 bridgehead atoms. The lowest BCUT2D eigenvalue weighted by atomic mass is 9.86. The molecule has 0 aromatic rings. The molecule has 7 nitrogen and oxygen atoms in total. The highest BCUT2D eigenvalue weighted by atomic mass is 16.6. The van der Waals surface area contributed by atoms with Crippen molar-refractivity contribution in [3.63, 3.8) is 0 Å². The smallest absolute Gasteiger partial charge is 0.410 e. The second kappa shape index (κ2) is 23.1. The largest absolute Gasteiger partial charge is 0.465 e. The summed E-state index contributed by atoms with van der Waals surface area (Å²) in [5.41, 5.74) is -1.27. The van der Waals surface area contributed by atoms with Gasteiger partial charge in [-0.1, -0.05) is 104 Å². The number of nitrogens with zero attached hydrogens (tertiary/aromatic N) is 2. The van der Waals surface area contributed by atoms with Gasteiger partial charge in [0, 0.05) is 32.1 Å². The van der Waals surface area contributed by atoms with Crippen molar-refractivity contribution in [1.82, 2.24) is 9.80 Å². The van der Waals surface area contributed by atoms with Gasteiger partial charge in [-0.25, -0.2) is 4.79 Å². The van der Waals surface area contributed by atoms with Crippen LogP contribution in [-0.2, 0) is 14.3 Å². The molecule has 0 aromatic heterocycles. The fourth-order valence-electron chi connectivity index (χ4n) is 6.89. The van der Waals surface area contributed by atoms with Crippen LogP contribution in [0.3, 0.4) is 0 Å². The van der Waals surface area contributed by atoms with Crippen LogP contribution in [0.25, 0.3) is 0 Å². The number of aliphatic hydroxyl groups is 1. The van der Waals surface area contributed by atoms with E-state index in [-0.39, 0.29) is 12.1 Å². The Bertz CT molecular complexity index is 785. The predicted octanol–water partition coefficient (Wildman–Crippen LogP) is 9.82. The molecule has 0 spiro atoms. The van der Waals surface area contributed by atoms with E-state index < -0.39 is 11.2 Å². The summed E-state index contributed by atoms with van der Waals surface area (Å²) in [4.78, 5) is 29.4. The first kappa shape index (κ1) is 40.8. The molecular weight excluding hydrogens is 576 g/mol. The molecule has 1 amide bonds. The highest BCUT2D eigenvalue weighted by Crippen LogP contribution is 2.31. The number of ether oxygens (including phenoxy) is 2. The monoisotopic (exact) mass is 651 g/mol. The van der Waals surface area contributed by atoms with E-state index in [2.05, 4.69) is 18.7 Å². The molecule has 46 heavy (non-hydrogen) atoms. The standard InChI is InChI=1S/C39H74N2O5/c1-6-8-10-12-14-17-22-34(23-18-15-13-11-9-7-2)32-45-36(42)26-19-16-20-29-41(35-24-21-25-35)33-39(44)27-30-40(31-28-39)37(43)46-38(3,4)5/h34-35,44H,6-33H2,1-5H3. The Hall–Kier alpha value is -1.34. The molecule has 7 heteroatoms. The molecule has 1 N–H and O–H groups in total. The van der Waals surface area contributed by atoms with Gasteiger partial charge in [0.2, 0.25) is 0 Å². The van der Waals surface area contributed by atoms with Crippen molar-refractivity contribution < 1.29 is 24.2 Å². The molecule has 1 saturated carbocycles. The van der Waals surface area contributed by atoms with Crippen molar-refractivity contribution in [3.8, 4) is 0 Å². The van der Waals surface area contributed by atoms with E-state index in [1.54, 1.807) is 4.90 Å². The molecule has 1 saturated heterocycles. The maximum atomic E-state index is 12.7. The Labute approximate surface area is 283 Å². The maximum absolute atomic E-state index is 12.7. The average Bonchev–Trinajstić information content (AvgIpc) is 2.97. The predicted molar refractivity (Wildman–Crippen MR) is 190 cm³/mol. The minimum Gasteiger partial charge on any atom is -0.465 e. The Balaban J connectivity index is 1.67. The van der Waals surface area contributed by atoms with Crippen LogP contribution in [-0.4, -0.2) is 77.0 Å². The lowest BCUT2D eigenvalue weighted by Crippen LogP contribution is -2.55. The number of hydrogen-bond acceptors (Lipinski definition) is 6. The van der Waals surface area contributed by atoms with Crippen LogP contribution in [0.1, 0.15) is 182 Å². The van der Waals surface area contributed by atoms with Gasteiger partial charge in [0.15, 0.2) is 0 Å². The summed E-state index contributed by atoms with van der Waals surface area (Å²) in [5.74, 6) is 0.483. The molecule has 0 unspecified atom stereocenters. The summed E-state index contributed by atoms with van der Waals surface area (Å²) in [5, 5.41) is 11.4. The highest BCUT2D eigenvalue weighted by molar-refractivity contribution is 5.69. The van der Waals surface area contributed by atoms with E-state index in [0.29, 0.717) is 57.5 Å². The number of carbonyl (C=O) groups is 2. The van der Waals surface area contributed by atoms with Crippen molar-refractivity contribution in [2.75, 3.05) is 32.8 Å². The minimum atomic E-state index is -0.764. The Kier molecular flexibility index (Phi) is 20.5. The van der Waals surface area contributed by atoms with Gasteiger partial charge < -0.3 is 19.5 Å². The molecule has 1 heterocycles. The first-order valence-electron chi connectivity index (χ1n) is 19.6. The number of hydrogen-bond donors (Lipinski definition) is 1. The number of esters is 1. The van der Waals surface area contributed by atoms with Crippen LogP contribution in [0.5, 0.6) is 0 Å². The van der Waals surface area contributed by atoms with Crippen LogP contribution in [0.15, 0.2) is 0 Å². The Morgan fingerprint density at radius 2 is 1.37 bits per heavy atom. The third-order valence-corrected chi connectivity index (χ3v) is 10.2. The summed E-state index contributed by atoms with van der Waals surface area (Å²) in [7, 11) is 0. The lowest BCUT2D eigenvalue weighted by molar-refractivity contribution is -0.145. The van der Waals surface area contributed by atoms with E-state index in [4.69, 9.17) is 9.47 Å². The molecule has 2 fully saturated rings. The third-order valence-electron chi connectivity index (χ3n) is 10.2. The summed E-state index contributed by atoms with van der Waals surface area (Å²) in [6.45, 7) is 13.5. The van der Waals surface area contributed by atoms with Gasteiger partial charge in [0.1, 0.15) is 5.60 Å². The number of piperidine rings is 1. The fourth-order valence-corrected chi connectivity index (χ4v) is 6.89. The second-order valence-corrected chi connectivity index (χ2v) is 15.7. The number of likely N-dealkylation sites (tertiary alicyclic amines) is 1. The topological polar surface area (TPSA) is 79.3 Å². The first-order chi connectivity index (χ1) is 22.0. The van der Waals surface area contributed by atoms with Gasteiger partial charge in [0.25, 0.3) is 0 Å². The van der Waals surface area contributed by atoms with Gasteiger partial charge in [-0.05, 0) is 84.6 Å². The van der Waals surface area contributed by atoms with Crippen molar-refractivity contribution in [1.29, 1.82) is 0 Å². The summed E-state index contributed by atoms with van der Waals surface area (Å²) in [6, 6.07) is 0.549. The SMILES string of the molecule is CCCCCCCCC(CCCCCCCC)COC(=O)CCCCCN(CC1(O)CCN(C(=O)OC(C)(C)C)CC1)C1CCC1. The number of amides is 1. The quantitative estimate of drug-likeness (QED) is 0.0783. The van der Waals surface area contributed by atoms with Crippen LogP contribution in [0.4, 0.5) is 4.79 Å². The Morgan fingerprint density at radius 3 is 1.89 bits per heavy atom. The number of rotatable bonds is 25. The summed E-state index contributed by atoms with van der Waals surface area (Å²) < 4.78 is 11.4. The molecule has 1 aliphatic heterocycles. The summed E-state index contributed by atoms with van der Waals surface area (Å²) in [6.07, 6.45) is 26.1. The van der Waals surface area contributed by atoms with Crippen molar-refractivity contribution in [2.24, 2.45) is 5.92 Å². The van der Waals surface area contributed by atoms with Crippen LogP contribution in [0, 0.1) is 5.92 Å². The van der Waals surface area contributed by atoms with Gasteiger partial charge >= 0.3 is 12.1 Å². The first-order valence-corrected chi connectivity index (χ1v) is 19.6. The van der Waals surface area contributed by atoms with E-state index in [9.17, 15) is 14.7 Å². The lowest BCUT2D eigenvalue weighted by Gasteiger charge is -2.45. The molecule has 0 aromatic carbocycles. The summed E-state index contributed by atoms with van der Waals surface area (Å²) >= 11 is 0. The number of carbonyl (C=O) groups excluding carboxylic acids is 2. The van der Waals surface area contributed by atoms with Gasteiger partial charge in [0.05, 0.1) is 12.2 Å². The van der Waals surface area contributed by atoms with E-state index >= 15 is 0 Å². The van der Waals surface area contributed by atoms with Crippen LogP contribution in [0.2, 0.25) is 0 Å². The molecule has 0 radical (unpaired) electrons. The average molecular weight is 651 g/mol. The fraction of sp³-hybridized carbons (Fsp3) is 0.949. The third kappa shape index (κ3) is 18.3. The molecule has 0 atom stereocenters. The number of unbranched alkanes of at least 4 members (excludes halogenated alkanes) is 12.